The van der Waals surface area contributed by atoms with Crippen LogP contribution in [0.3, 0.4) is 0 Å². The van der Waals surface area contributed by atoms with Gasteiger partial charge in [-0.05, 0) is 17.7 Å². The van der Waals surface area contributed by atoms with E-state index in [4.69, 9.17) is 20.7 Å². The van der Waals surface area contributed by atoms with Crippen LogP contribution in [0.2, 0.25) is 0 Å². The summed E-state index contributed by atoms with van der Waals surface area (Å²) in [5.74, 6) is 0. The Kier molecular flexibility index (Phi) is 2.74. The number of carboxylic acid groups (broad SMARTS) is 2. The fourth-order valence-electron chi connectivity index (χ4n) is 1.87. The second-order valence-electron chi connectivity index (χ2n) is 3.96. The molecule has 0 heterocycles. The molecule has 1 aromatic carbocycles. The summed E-state index contributed by atoms with van der Waals surface area (Å²) in [6.07, 6.45) is -3.61. The number of benzene rings is 1. The predicted molar refractivity (Wildman–Crippen MR) is 59.2 cm³/mol. The van der Waals surface area contributed by atoms with Gasteiger partial charge in [0.25, 0.3) is 0 Å². The smallest absolute Gasteiger partial charge is 0.450 e. The molecule has 0 aliphatic heterocycles. The molecule has 1 saturated carbocycles. The number of nitrogens with two attached hydrogens (primary N) is 1. The number of ether oxygens (including phenoxy) is 2. The Morgan fingerprint density at radius 2 is 1.83 bits per heavy atom. The number of carbonyl (C=O) groups is 2. The van der Waals surface area contributed by atoms with Crippen LogP contribution in [0.5, 0.6) is 0 Å². The Morgan fingerprint density at radius 3 is 2.33 bits per heavy atom. The first kappa shape index (κ1) is 12.0. The molecule has 0 bridgehead atoms. The van der Waals surface area contributed by atoms with Crippen molar-refractivity contribution in [3.63, 3.8) is 0 Å². The van der Waals surface area contributed by atoms with E-state index in [2.05, 4.69) is 4.74 Å². The molecule has 0 saturated heterocycles. The van der Waals surface area contributed by atoms with Gasteiger partial charge in [-0.25, -0.2) is 9.59 Å². The lowest BCUT2D eigenvalue weighted by molar-refractivity contribution is -0.00166. The van der Waals surface area contributed by atoms with Gasteiger partial charge in [0, 0.05) is 12.1 Å². The second kappa shape index (κ2) is 4.10. The molecule has 0 spiro atoms. The molecule has 1 aromatic rings. The third-order valence-corrected chi connectivity index (χ3v) is 2.76. The maximum atomic E-state index is 10.7. The van der Waals surface area contributed by atoms with Crippen molar-refractivity contribution < 1.29 is 29.3 Å². The highest BCUT2D eigenvalue weighted by atomic mass is 16.7. The molecule has 7 heteroatoms. The summed E-state index contributed by atoms with van der Waals surface area (Å²) >= 11 is 0. The quantitative estimate of drug-likeness (QED) is 0.553. The maximum absolute atomic E-state index is 10.7. The Balaban J connectivity index is 2.25. The summed E-state index contributed by atoms with van der Waals surface area (Å²) in [4.78, 5) is 21.1. The first-order valence-electron chi connectivity index (χ1n) is 5.11. The lowest BCUT2D eigenvalue weighted by Crippen LogP contribution is -2.23. The minimum atomic E-state index is -1.48. The molecular weight excluding hydrogens is 242 g/mol. The topological polar surface area (TPSA) is 119 Å². The van der Waals surface area contributed by atoms with Crippen molar-refractivity contribution in [1.29, 1.82) is 0 Å². The predicted octanol–water partition coefficient (Wildman–Crippen LogP) is 1.63. The molecule has 4 N–H and O–H groups in total. The van der Waals surface area contributed by atoms with E-state index in [0.29, 0.717) is 11.3 Å². The highest BCUT2D eigenvalue weighted by Crippen LogP contribution is 2.51. The maximum Gasteiger partial charge on any atom is 0.506 e. The third-order valence-electron chi connectivity index (χ3n) is 2.76. The highest BCUT2D eigenvalue weighted by Gasteiger charge is 2.63. The van der Waals surface area contributed by atoms with Gasteiger partial charge in [-0.2, -0.15) is 0 Å². The molecule has 2 atom stereocenters. The first-order chi connectivity index (χ1) is 8.44. The molecule has 96 valence electrons. The number of rotatable bonds is 3. The van der Waals surface area contributed by atoms with E-state index in [-0.39, 0.29) is 6.42 Å². The summed E-state index contributed by atoms with van der Waals surface area (Å²) in [6, 6.07) is 6.34. The van der Waals surface area contributed by atoms with Crippen LogP contribution >= 0.6 is 0 Å². The second-order valence-corrected chi connectivity index (χ2v) is 3.96. The van der Waals surface area contributed by atoms with E-state index in [1.54, 1.807) is 24.3 Å². The SMILES string of the molecule is Nc1ccc(C2(OC(=O)O)CC2OC(=O)O)cc1. The van der Waals surface area contributed by atoms with E-state index in [1.807, 2.05) is 0 Å². The molecule has 0 aromatic heterocycles. The van der Waals surface area contributed by atoms with E-state index >= 15 is 0 Å². The van der Waals surface area contributed by atoms with Crippen LogP contribution in [-0.2, 0) is 15.1 Å². The molecule has 1 aliphatic rings. The van der Waals surface area contributed by atoms with Crippen molar-refractivity contribution in [2.75, 3.05) is 5.73 Å². The standard InChI is InChI=1S/C11H11NO6/c12-7-3-1-6(2-4-7)11(18-10(15)16)5-8(11)17-9(13)14/h1-4,8H,5,12H2,(H,13,14)(H,15,16). The van der Waals surface area contributed by atoms with Gasteiger partial charge < -0.3 is 25.4 Å². The van der Waals surface area contributed by atoms with Gasteiger partial charge in [-0.3, -0.25) is 0 Å². The van der Waals surface area contributed by atoms with Gasteiger partial charge in [0.2, 0.25) is 0 Å². The van der Waals surface area contributed by atoms with Gasteiger partial charge in [0.1, 0.15) is 0 Å². The number of anilines is 1. The number of nitrogen functional groups attached to an aromatic ring is 1. The number of hydrogen-bond acceptors (Lipinski definition) is 5. The molecule has 2 unspecified atom stereocenters. The Labute approximate surface area is 102 Å². The van der Waals surface area contributed by atoms with Gasteiger partial charge in [0.05, 0.1) is 0 Å². The monoisotopic (exact) mass is 253 g/mol. The van der Waals surface area contributed by atoms with Crippen molar-refractivity contribution in [3.05, 3.63) is 29.8 Å². The lowest BCUT2D eigenvalue weighted by atomic mass is 10.1. The molecule has 0 radical (unpaired) electrons. The van der Waals surface area contributed by atoms with E-state index in [9.17, 15) is 9.59 Å². The van der Waals surface area contributed by atoms with Gasteiger partial charge in [0.15, 0.2) is 11.7 Å². The summed E-state index contributed by atoms with van der Waals surface area (Å²) < 4.78 is 9.34. The van der Waals surface area contributed by atoms with Crippen LogP contribution in [0.1, 0.15) is 12.0 Å². The molecule has 1 fully saturated rings. The van der Waals surface area contributed by atoms with E-state index < -0.39 is 24.0 Å². The summed E-state index contributed by atoms with van der Waals surface area (Å²) in [5.41, 5.74) is 5.31. The summed E-state index contributed by atoms with van der Waals surface area (Å²) in [6.45, 7) is 0. The minimum absolute atomic E-state index is 0.162. The molecule has 2 rings (SSSR count). The first-order valence-corrected chi connectivity index (χ1v) is 5.11. The van der Waals surface area contributed by atoms with Gasteiger partial charge >= 0.3 is 12.3 Å². The highest BCUT2D eigenvalue weighted by molar-refractivity contribution is 5.61. The zero-order valence-corrected chi connectivity index (χ0v) is 9.20. The van der Waals surface area contributed by atoms with Crippen LogP contribution in [0.4, 0.5) is 15.3 Å². The molecule has 7 nitrogen and oxygen atoms in total. The van der Waals surface area contributed by atoms with Crippen LogP contribution in [0, 0.1) is 0 Å². The average Bonchev–Trinajstić information content (AvgIpc) is 2.90. The van der Waals surface area contributed by atoms with Crippen molar-refractivity contribution >= 4 is 18.0 Å². The fourth-order valence-corrected chi connectivity index (χ4v) is 1.87. The van der Waals surface area contributed by atoms with Crippen molar-refractivity contribution in [3.8, 4) is 0 Å². The van der Waals surface area contributed by atoms with Crippen LogP contribution in [0.25, 0.3) is 0 Å². The fraction of sp³-hybridized carbons (Fsp3) is 0.273. The summed E-state index contributed by atoms with van der Waals surface area (Å²) in [5, 5.41) is 17.2. The minimum Gasteiger partial charge on any atom is -0.450 e. The molecular formula is C11H11NO6. The van der Waals surface area contributed by atoms with Gasteiger partial charge in [-0.1, -0.05) is 12.1 Å². The normalized spacial score (nSPS) is 25.2. The zero-order chi connectivity index (χ0) is 13.3. The lowest BCUT2D eigenvalue weighted by Gasteiger charge is -2.16. The van der Waals surface area contributed by atoms with Crippen LogP contribution in [-0.4, -0.2) is 28.6 Å². The Hall–Kier alpha value is -2.44. The van der Waals surface area contributed by atoms with Crippen molar-refractivity contribution in [1.82, 2.24) is 0 Å². The van der Waals surface area contributed by atoms with Gasteiger partial charge in [-0.15, -0.1) is 0 Å². The number of hydrogen-bond donors (Lipinski definition) is 3. The molecule has 18 heavy (non-hydrogen) atoms. The Morgan fingerprint density at radius 1 is 1.22 bits per heavy atom. The molecule has 0 amide bonds. The average molecular weight is 253 g/mol. The summed E-state index contributed by atoms with van der Waals surface area (Å²) in [7, 11) is 0. The van der Waals surface area contributed by atoms with Crippen molar-refractivity contribution in [2.45, 2.75) is 18.1 Å². The van der Waals surface area contributed by atoms with E-state index in [0.717, 1.165) is 0 Å². The van der Waals surface area contributed by atoms with Crippen LogP contribution in [0.15, 0.2) is 24.3 Å². The van der Waals surface area contributed by atoms with Crippen molar-refractivity contribution in [2.24, 2.45) is 0 Å². The Bertz CT molecular complexity index is 485. The van der Waals surface area contributed by atoms with Crippen LogP contribution < -0.4 is 5.73 Å². The third kappa shape index (κ3) is 2.15. The zero-order valence-electron chi connectivity index (χ0n) is 9.20. The van der Waals surface area contributed by atoms with E-state index in [1.165, 1.54) is 0 Å². The molecule has 1 aliphatic carbocycles. The largest absolute Gasteiger partial charge is 0.506 e.